The number of benzene rings is 2. The monoisotopic (exact) mass is 476 g/mol. The number of pyridine rings is 1. The van der Waals surface area contributed by atoms with Crippen molar-refractivity contribution in [3.05, 3.63) is 83.9 Å². The van der Waals surface area contributed by atoms with Crippen LogP contribution < -0.4 is 14.8 Å². The van der Waals surface area contributed by atoms with Gasteiger partial charge in [-0.2, -0.15) is 5.10 Å². The molecule has 1 N–H and O–H groups in total. The largest absolute Gasteiger partial charge is 0.586 e. The summed E-state index contributed by atoms with van der Waals surface area (Å²) in [4.78, 5) is 13.0. The lowest BCUT2D eigenvalue weighted by Gasteiger charge is -2.05. The Labute approximate surface area is 196 Å². The Kier molecular flexibility index (Phi) is 4.83. The van der Waals surface area contributed by atoms with E-state index in [9.17, 15) is 13.6 Å². The maximum atomic E-state index is 13.3. The molecule has 5 aromatic rings. The number of rotatable bonds is 6. The van der Waals surface area contributed by atoms with Crippen molar-refractivity contribution < 1.29 is 23.0 Å². The summed E-state index contributed by atoms with van der Waals surface area (Å²) in [6.45, 7) is 0.605. The van der Waals surface area contributed by atoms with Crippen LogP contribution in [0.3, 0.4) is 0 Å². The number of para-hydroxylation sites is 1. The zero-order valence-electron chi connectivity index (χ0n) is 18.2. The highest BCUT2D eigenvalue weighted by Crippen LogP contribution is 2.41. The van der Waals surface area contributed by atoms with Crippen molar-refractivity contribution in [2.24, 2.45) is 0 Å². The first-order valence-electron chi connectivity index (χ1n) is 10.9. The lowest BCUT2D eigenvalue weighted by Crippen LogP contribution is -2.27. The van der Waals surface area contributed by atoms with Gasteiger partial charge in [0.25, 0.3) is 5.91 Å². The molecule has 0 unspecified atom stereocenters. The molecule has 11 heteroatoms. The number of hydrogen-bond donors (Lipinski definition) is 1. The summed E-state index contributed by atoms with van der Waals surface area (Å²) >= 11 is 0. The first-order chi connectivity index (χ1) is 17.0. The van der Waals surface area contributed by atoms with Gasteiger partial charge in [0.15, 0.2) is 22.8 Å². The molecule has 1 amide bonds. The number of nitrogens with one attached hydrogen (secondary N) is 1. The van der Waals surface area contributed by atoms with Gasteiger partial charge in [0.1, 0.15) is 5.82 Å². The fourth-order valence-corrected chi connectivity index (χ4v) is 4.11. The van der Waals surface area contributed by atoms with Crippen LogP contribution in [0.1, 0.15) is 21.9 Å². The normalized spacial score (nSPS) is 14.0. The van der Waals surface area contributed by atoms with Crippen LogP contribution in [0.25, 0.3) is 16.6 Å². The van der Waals surface area contributed by atoms with Crippen molar-refractivity contribution in [2.75, 3.05) is 6.54 Å². The molecule has 1 aliphatic rings. The number of carbonyl (C=O) groups is 1. The fraction of sp³-hybridized carbons (Fsp3) is 0.167. The Morgan fingerprint density at radius 3 is 2.74 bits per heavy atom. The Morgan fingerprint density at radius 2 is 1.83 bits per heavy atom. The molecule has 176 valence electrons. The van der Waals surface area contributed by atoms with Crippen LogP contribution >= 0.6 is 0 Å². The molecular weight excluding hydrogens is 458 g/mol. The van der Waals surface area contributed by atoms with Crippen molar-refractivity contribution in [3.8, 4) is 11.5 Å². The first kappa shape index (κ1) is 21.0. The van der Waals surface area contributed by atoms with Crippen LogP contribution in [0.5, 0.6) is 11.5 Å². The number of aromatic nitrogens is 5. The summed E-state index contributed by atoms with van der Waals surface area (Å²) in [5.41, 5.74) is 2.43. The minimum absolute atomic E-state index is 0.0235. The van der Waals surface area contributed by atoms with Crippen molar-refractivity contribution in [3.63, 3.8) is 0 Å². The van der Waals surface area contributed by atoms with Crippen molar-refractivity contribution in [2.45, 2.75) is 19.3 Å². The van der Waals surface area contributed by atoms with Crippen LogP contribution in [0.4, 0.5) is 8.78 Å². The number of nitrogens with zero attached hydrogens (tertiary/aromatic N) is 5. The minimum Gasteiger partial charge on any atom is -0.395 e. The van der Waals surface area contributed by atoms with E-state index in [4.69, 9.17) is 0 Å². The Hall–Kier alpha value is -4.54. The maximum Gasteiger partial charge on any atom is 0.586 e. The van der Waals surface area contributed by atoms with Gasteiger partial charge in [-0.05, 0) is 35.9 Å². The molecule has 4 heterocycles. The van der Waals surface area contributed by atoms with Gasteiger partial charge in [-0.1, -0.05) is 30.3 Å². The fourth-order valence-electron chi connectivity index (χ4n) is 4.11. The SMILES string of the molecule is O=C(NCCc1nnc2ccccn12)c1nn(Cc2ccc3c(c2)OC(F)(F)O3)c2ccccc12. The summed E-state index contributed by atoms with van der Waals surface area (Å²) in [5, 5.41) is 16.4. The summed E-state index contributed by atoms with van der Waals surface area (Å²) < 4.78 is 39.2. The predicted molar refractivity (Wildman–Crippen MR) is 121 cm³/mol. The molecule has 0 fully saturated rings. The van der Waals surface area contributed by atoms with Crippen LogP contribution in [0.15, 0.2) is 66.9 Å². The zero-order chi connectivity index (χ0) is 24.0. The number of ether oxygens (including phenoxy) is 2. The van der Waals surface area contributed by atoms with Crippen molar-refractivity contribution >= 4 is 22.5 Å². The van der Waals surface area contributed by atoms with E-state index >= 15 is 0 Å². The van der Waals surface area contributed by atoms with E-state index in [0.717, 1.165) is 17.0 Å². The van der Waals surface area contributed by atoms with Gasteiger partial charge in [-0.3, -0.25) is 13.9 Å². The summed E-state index contributed by atoms with van der Waals surface area (Å²) in [7, 11) is 0. The minimum atomic E-state index is -3.68. The molecule has 9 nitrogen and oxygen atoms in total. The molecule has 0 spiro atoms. The number of alkyl halides is 2. The molecule has 1 aliphatic heterocycles. The average molecular weight is 476 g/mol. The molecular formula is C24H18F2N6O3. The van der Waals surface area contributed by atoms with Crippen LogP contribution in [-0.2, 0) is 13.0 Å². The van der Waals surface area contributed by atoms with Crippen molar-refractivity contribution in [1.29, 1.82) is 0 Å². The summed E-state index contributed by atoms with van der Waals surface area (Å²) in [5.74, 6) is 0.358. The maximum absolute atomic E-state index is 13.3. The molecule has 2 aromatic carbocycles. The molecule has 0 aliphatic carbocycles. The molecule has 0 atom stereocenters. The standard InChI is InChI=1S/C24H18F2N6O3/c25-24(26)34-18-9-8-15(13-19(18)35-24)14-32-17-6-2-1-5-16(17)22(30-32)23(33)27-11-10-21-29-28-20-7-3-4-12-31(20)21/h1-9,12-13H,10-11,14H2,(H,27,33). The van der Waals surface area contributed by atoms with Gasteiger partial charge in [0, 0.05) is 24.5 Å². The van der Waals surface area contributed by atoms with Gasteiger partial charge >= 0.3 is 6.29 Å². The molecule has 0 saturated heterocycles. The topological polar surface area (TPSA) is 95.6 Å². The third kappa shape index (κ3) is 3.90. The quantitative estimate of drug-likeness (QED) is 0.404. The van der Waals surface area contributed by atoms with Crippen LogP contribution in [0, 0.1) is 0 Å². The summed E-state index contributed by atoms with van der Waals surface area (Å²) in [6, 6.07) is 17.5. The van der Waals surface area contributed by atoms with E-state index in [0.29, 0.717) is 23.9 Å². The first-order valence-corrected chi connectivity index (χ1v) is 10.9. The predicted octanol–water partition coefficient (Wildman–Crippen LogP) is 3.42. The second-order valence-corrected chi connectivity index (χ2v) is 8.02. The number of carbonyl (C=O) groups excluding carboxylic acids is 1. The van der Waals surface area contributed by atoms with E-state index in [1.807, 2.05) is 53.1 Å². The van der Waals surface area contributed by atoms with Gasteiger partial charge in [-0.25, -0.2) is 0 Å². The molecule has 6 rings (SSSR count). The zero-order valence-corrected chi connectivity index (χ0v) is 18.2. The highest BCUT2D eigenvalue weighted by Gasteiger charge is 2.43. The number of amides is 1. The van der Waals surface area contributed by atoms with E-state index in [1.54, 1.807) is 10.7 Å². The van der Waals surface area contributed by atoms with E-state index in [-0.39, 0.29) is 29.6 Å². The highest BCUT2D eigenvalue weighted by atomic mass is 19.3. The highest BCUT2D eigenvalue weighted by molar-refractivity contribution is 6.04. The lowest BCUT2D eigenvalue weighted by molar-refractivity contribution is -0.286. The average Bonchev–Trinajstić information content (AvgIpc) is 3.51. The third-order valence-electron chi connectivity index (χ3n) is 5.69. The second kappa shape index (κ2) is 8.05. The van der Waals surface area contributed by atoms with E-state index in [1.165, 1.54) is 12.1 Å². The Balaban J connectivity index is 1.21. The van der Waals surface area contributed by atoms with Gasteiger partial charge in [0.2, 0.25) is 0 Å². The Morgan fingerprint density at radius 1 is 1.00 bits per heavy atom. The Bertz CT molecular complexity index is 1580. The molecule has 0 saturated carbocycles. The second-order valence-electron chi connectivity index (χ2n) is 8.02. The molecule has 3 aromatic heterocycles. The molecule has 0 radical (unpaired) electrons. The van der Waals surface area contributed by atoms with Gasteiger partial charge in [0.05, 0.1) is 12.1 Å². The van der Waals surface area contributed by atoms with Crippen LogP contribution in [-0.4, -0.2) is 43.1 Å². The number of hydrogen-bond acceptors (Lipinski definition) is 6. The molecule has 35 heavy (non-hydrogen) atoms. The van der Waals surface area contributed by atoms with Gasteiger partial charge < -0.3 is 14.8 Å². The summed E-state index contributed by atoms with van der Waals surface area (Å²) in [6.07, 6.45) is -1.31. The smallest absolute Gasteiger partial charge is 0.395 e. The molecule has 0 bridgehead atoms. The van der Waals surface area contributed by atoms with E-state index in [2.05, 4.69) is 30.1 Å². The lowest BCUT2D eigenvalue weighted by atomic mass is 10.2. The third-order valence-corrected chi connectivity index (χ3v) is 5.69. The number of fused-ring (bicyclic) bond motifs is 3. The number of halogens is 2. The van der Waals surface area contributed by atoms with Crippen molar-refractivity contribution in [1.82, 2.24) is 29.7 Å². The van der Waals surface area contributed by atoms with Gasteiger partial charge in [-0.15, -0.1) is 19.0 Å². The van der Waals surface area contributed by atoms with E-state index < -0.39 is 6.29 Å². The van der Waals surface area contributed by atoms with Crippen LogP contribution in [0.2, 0.25) is 0 Å².